The second-order valence-electron chi connectivity index (χ2n) is 7.52. The molecular formula is C23H22N4O3. The molecule has 1 aliphatic rings. The minimum absolute atomic E-state index is 0.00229. The zero-order chi connectivity index (χ0) is 20.5. The molecule has 1 fully saturated rings. The number of hydrogen-bond donors (Lipinski definition) is 0. The number of furan rings is 1. The van der Waals surface area contributed by atoms with Crippen LogP contribution in [0.5, 0.6) is 5.75 Å². The van der Waals surface area contributed by atoms with Crippen LogP contribution in [-0.4, -0.2) is 45.6 Å². The van der Waals surface area contributed by atoms with Gasteiger partial charge in [-0.25, -0.2) is 9.50 Å². The third-order valence-electron chi connectivity index (χ3n) is 5.59. The molecule has 1 atom stereocenters. The second kappa shape index (κ2) is 7.67. The van der Waals surface area contributed by atoms with Crippen LogP contribution in [0.1, 0.15) is 34.9 Å². The third-order valence-corrected chi connectivity index (χ3v) is 5.59. The first-order valence-electron chi connectivity index (χ1n) is 10.0. The Labute approximate surface area is 173 Å². The Bertz CT molecular complexity index is 1180. The van der Waals surface area contributed by atoms with Crippen molar-refractivity contribution in [3.8, 4) is 16.9 Å². The van der Waals surface area contributed by atoms with Gasteiger partial charge in [-0.2, -0.15) is 5.10 Å². The van der Waals surface area contributed by atoms with Crippen molar-refractivity contribution in [2.45, 2.75) is 18.8 Å². The average molecular weight is 402 g/mol. The maximum atomic E-state index is 12.7. The van der Waals surface area contributed by atoms with E-state index in [4.69, 9.17) is 19.2 Å². The summed E-state index contributed by atoms with van der Waals surface area (Å²) in [6.45, 7) is 1.36. The zero-order valence-electron chi connectivity index (χ0n) is 16.7. The summed E-state index contributed by atoms with van der Waals surface area (Å²) in [5.41, 5.74) is 3.48. The number of fused-ring (bicyclic) bond motifs is 1. The molecule has 1 aromatic carbocycles. The highest BCUT2D eigenvalue weighted by atomic mass is 16.5. The Balaban J connectivity index is 1.40. The van der Waals surface area contributed by atoms with Crippen LogP contribution in [-0.2, 0) is 0 Å². The van der Waals surface area contributed by atoms with Crippen LogP contribution in [0.4, 0.5) is 0 Å². The van der Waals surface area contributed by atoms with Gasteiger partial charge < -0.3 is 14.1 Å². The van der Waals surface area contributed by atoms with E-state index in [-0.39, 0.29) is 11.8 Å². The van der Waals surface area contributed by atoms with Crippen LogP contribution < -0.4 is 4.74 Å². The van der Waals surface area contributed by atoms with Gasteiger partial charge in [-0.3, -0.25) is 4.79 Å². The Morgan fingerprint density at radius 1 is 1.20 bits per heavy atom. The molecule has 0 saturated carbocycles. The van der Waals surface area contributed by atoms with Gasteiger partial charge in [-0.15, -0.1) is 0 Å². The fourth-order valence-corrected chi connectivity index (χ4v) is 3.99. The number of nitrogens with zero attached hydrogens (tertiary/aromatic N) is 4. The summed E-state index contributed by atoms with van der Waals surface area (Å²) in [6.07, 6.45) is 6.90. The number of rotatable bonds is 4. The van der Waals surface area contributed by atoms with Gasteiger partial charge in [0.15, 0.2) is 11.5 Å². The lowest BCUT2D eigenvalue weighted by Gasteiger charge is -2.31. The molecule has 1 saturated heterocycles. The number of likely N-dealkylation sites (tertiary alicyclic amines) is 1. The minimum Gasteiger partial charge on any atom is -0.497 e. The Hall–Kier alpha value is -3.61. The molecule has 30 heavy (non-hydrogen) atoms. The third kappa shape index (κ3) is 3.43. The van der Waals surface area contributed by atoms with Gasteiger partial charge in [0.1, 0.15) is 12.0 Å². The van der Waals surface area contributed by atoms with Crippen molar-refractivity contribution in [2.75, 3.05) is 20.2 Å². The number of pyridine rings is 1. The lowest BCUT2D eigenvalue weighted by molar-refractivity contribution is 0.0704. The van der Waals surface area contributed by atoms with Crippen LogP contribution in [0.25, 0.3) is 16.8 Å². The molecule has 4 heterocycles. The van der Waals surface area contributed by atoms with E-state index >= 15 is 0 Å². The fourth-order valence-electron chi connectivity index (χ4n) is 3.99. The van der Waals surface area contributed by atoms with Crippen LogP contribution in [0.2, 0.25) is 0 Å². The Morgan fingerprint density at radius 2 is 2.13 bits per heavy atom. The van der Waals surface area contributed by atoms with Crippen molar-refractivity contribution < 1.29 is 13.9 Å². The van der Waals surface area contributed by atoms with Crippen molar-refractivity contribution in [2.24, 2.45) is 0 Å². The highest BCUT2D eigenvalue weighted by Crippen LogP contribution is 2.28. The maximum Gasteiger partial charge on any atom is 0.257 e. The van der Waals surface area contributed by atoms with Gasteiger partial charge in [0.2, 0.25) is 0 Å². The van der Waals surface area contributed by atoms with E-state index in [0.29, 0.717) is 12.1 Å². The minimum atomic E-state index is -0.00229. The van der Waals surface area contributed by atoms with Crippen molar-refractivity contribution in [1.82, 2.24) is 19.5 Å². The second-order valence-corrected chi connectivity index (χ2v) is 7.52. The van der Waals surface area contributed by atoms with Gasteiger partial charge in [-0.05, 0) is 48.7 Å². The number of amides is 1. The Kier molecular flexibility index (Phi) is 4.71. The van der Waals surface area contributed by atoms with E-state index in [1.54, 1.807) is 13.2 Å². The fraction of sp³-hybridized carbons (Fsp3) is 0.261. The molecule has 0 aliphatic carbocycles. The highest BCUT2D eigenvalue weighted by Gasteiger charge is 2.28. The van der Waals surface area contributed by atoms with Gasteiger partial charge in [-0.1, -0.05) is 12.1 Å². The lowest BCUT2D eigenvalue weighted by atomic mass is 9.97. The number of benzene rings is 1. The van der Waals surface area contributed by atoms with Crippen LogP contribution in [0, 0.1) is 0 Å². The van der Waals surface area contributed by atoms with Gasteiger partial charge in [0.25, 0.3) is 5.91 Å². The van der Waals surface area contributed by atoms with Crippen LogP contribution in [0.3, 0.4) is 0 Å². The molecule has 1 aliphatic heterocycles. The van der Waals surface area contributed by atoms with Crippen LogP contribution >= 0.6 is 0 Å². The maximum absolute atomic E-state index is 12.7. The molecule has 152 valence electrons. The van der Waals surface area contributed by atoms with E-state index in [9.17, 15) is 4.79 Å². The predicted molar refractivity (Wildman–Crippen MR) is 112 cm³/mol. The van der Waals surface area contributed by atoms with E-state index < -0.39 is 0 Å². The number of aromatic nitrogens is 3. The summed E-state index contributed by atoms with van der Waals surface area (Å²) in [6, 6.07) is 13.7. The topological polar surface area (TPSA) is 72.9 Å². The van der Waals surface area contributed by atoms with Gasteiger partial charge in [0.05, 0.1) is 18.9 Å². The largest absolute Gasteiger partial charge is 0.497 e. The number of carbonyl (C=O) groups is 1. The van der Waals surface area contributed by atoms with Crippen LogP contribution in [0.15, 0.2) is 65.6 Å². The monoisotopic (exact) mass is 402 g/mol. The highest BCUT2D eigenvalue weighted by molar-refractivity contribution is 5.93. The lowest BCUT2D eigenvalue weighted by Crippen LogP contribution is -2.39. The van der Waals surface area contributed by atoms with Gasteiger partial charge in [0, 0.05) is 30.8 Å². The van der Waals surface area contributed by atoms with Crippen molar-refractivity contribution in [3.05, 3.63) is 72.6 Å². The molecule has 4 aromatic rings. The molecule has 7 nitrogen and oxygen atoms in total. The normalized spacial score (nSPS) is 16.7. The van der Waals surface area contributed by atoms with E-state index in [1.807, 2.05) is 52.0 Å². The molecule has 1 unspecified atom stereocenters. The molecule has 0 N–H and O–H groups in total. The molecule has 7 heteroatoms. The SMILES string of the molecule is COc1cccc(-c2ccc3nc(C4CCCN(C(=O)c5ccoc5)C4)nn3c2)c1. The quantitative estimate of drug-likeness (QED) is 0.516. The predicted octanol–water partition coefficient (Wildman–Crippen LogP) is 4.02. The molecule has 1 amide bonds. The number of piperidine rings is 1. The molecule has 3 aromatic heterocycles. The summed E-state index contributed by atoms with van der Waals surface area (Å²) < 4.78 is 12.2. The Morgan fingerprint density at radius 3 is 2.97 bits per heavy atom. The van der Waals surface area contributed by atoms with E-state index in [2.05, 4.69) is 0 Å². The number of ether oxygens (including phenoxy) is 1. The molecule has 0 spiro atoms. The number of hydrogen-bond acceptors (Lipinski definition) is 5. The standard InChI is InChI=1S/C23H22N4O3/c1-29-20-6-2-4-16(12-20)17-7-8-21-24-22(25-27(21)14-17)18-5-3-10-26(13-18)23(28)19-9-11-30-15-19/h2,4,6-9,11-12,14-15,18H,3,5,10,13H2,1H3. The number of carbonyl (C=O) groups excluding carboxylic acids is 1. The summed E-state index contributed by atoms with van der Waals surface area (Å²) in [4.78, 5) is 19.3. The van der Waals surface area contributed by atoms with Gasteiger partial charge >= 0.3 is 0 Å². The molecule has 5 rings (SSSR count). The van der Waals surface area contributed by atoms with Crippen molar-refractivity contribution in [3.63, 3.8) is 0 Å². The summed E-state index contributed by atoms with van der Waals surface area (Å²) in [5.74, 6) is 1.71. The molecular weight excluding hydrogens is 380 g/mol. The summed E-state index contributed by atoms with van der Waals surface area (Å²) in [7, 11) is 1.66. The average Bonchev–Trinajstić information content (AvgIpc) is 3.48. The molecule has 0 radical (unpaired) electrons. The zero-order valence-corrected chi connectivity index (χ0v) is 16.7. The first-order chi connectivity index (χ1) is 14.7. The molecule has 0 bridgehead atoms. The van der Waals surface area contributed by atoms with E-state index in [0.717, 1.165) is 47.7 Å². The van der Waals surface area contributed by atoms with Crippen molar-refractivity contribution >= 4 is 11.6 Å². The van der Waals surface area contributed by atoms with E-state index in [1.165, 1.54) is 12.5 Å². The van der Waals surface area contributed by atoms with Crippen molar-refractivity contribution in [1.29, 1.82) is 0 Å². The smallest absolute Gasteiger partial charge is 0.257 e. The first kappa shape index (κ1) is 18.4. The first-order valence-corrected chi connectivity index (χ1v) is 10.0. The summed E-state index contributed by atoms with van der Waals surface area (Å²) in [5, 5.41) is 4.74. The summed E-state index contributed by atoms with van der Waals surface area (Å²) >= 11 is 0. The number of methoxy groups -OCH3 is 1.